The Bertz CT molecular complexity index is 157. The van der Waals surface area contributed by atoms with E-state index in [4.69, 9.17) is 5.73 Å². The third kappa shape index (κ3) is 22.3. The van der Waals surface area contributed by atoms with Crippen LogP contribution in [0.15, 0.2) is 0 Å². The average Bonchev–Trinajstić information content (AvgIpc) is 2.49. The summed E-state index contributed by atoms with van der Waals surface area (Å²) in [6.07, 6.45) is 18.7. The van der Waals surface area contributed by atoms with E-state index in [-0.39, 0.29) is 6.17 Å². The molecule has 0 spiro atoms. The van der Waals surface area contributed by atoms with Gasteiger partial charge in [0.1, 0.15) is 0 Å². The van der Waals surface area contributed by atoms with Crippen molar-refractivity contribution in [1.29, 1.82) is 0 Å². The first-order valence-electron chi connectivity index (χ1n) is 9.52. The Morgan fingerprint density at radius 2 is 0.905 bits per heavy atom. The van der Waals surface area contributed by atoms with E-state index in [2.05, 4.69) is 20.8 Å². The van der Waals surface area contributed by atoms with Gasteiger partial charge in [0, 0.05) is 0 Å². The van der Waals surface area contributed by atoms with Crippen LogP contribution >= 0.6 is 0 Å². The highest BCUT2D eigenvalue weighted by Gasteiger charge is 1.97. The molecular weight excluding hydrogens is 256 g/mol. The third-order valence-corrected chi connectivity index (χ3v) is 4.04. The van der Waals surface area contributed by atoms with E-state index in [9.17, 15) is 0 Å². The zero-order valence-electron chi connectivity index (χ0n) is 15.8. The average molecular weight is 301 g/mol. The molecule has 0 saturated heterocycles. The molecule has 2 heteroatoms. The van der Waals surface area contributed by atoms with Crippen LogP contribution in [-0.4, -0.2) is 25.2 Å². The van der Waals surface area contributed by atoms with E-state index in [1.54, 1.807) is 0 Å². The minimum Gasteiger partial charge on any atom is -0.316 e. The predicted molar refractivity (Wildman–Crippen MR) is 98.7 cm³/mol. The molecule has 0 aromatic carbocycles. The molecule has 0 radical (unpaired) electrons. The summed E-state index contributed by atoms with van der Waals surface area (Å²) in [7, 11) is 3.96. The summed E-state index contributed by atoms with van der Waals surface area (Å²) in [6, 6.07) is 0. The zero-order valence-corrected chi connectivity index (χ0v) is 15.8. The quantitative estimate of drug-likeness (QED) is 0.336. The number of rotatable bonds is 13. The highest BCUT2D eigenvalue weighted by Crippen LogP contribution is 2.11. The lowest BCUT2D eigenvalue weighted by molar-refractivity contribution is 0.293. The lowest BCUT2D eigenvalue weighted by atomic mass is 10.1. The van der Waals surface area contributed by atoms with Crippen LogP contribution in [0.5, 0.6) is 0 Å². The molecule has 21 heavy (non-hydrogen) atoms. The highest BCUT2D eigenvalue weighted by atomic mass is 15.2. The summed E-state index contributed by atoms with van der Waals surface area (Å²) in [5, 5.41) is 0. The van der Waals surface area contributed by atoms with Gasteiger partial charge < -0.3 is 5.73 Å². The molecule has 0 aliphatic heterocycles. The molecule has 0 aliphatic carbocycles. The minimum atomic E-state index is 0.236. The van der Waals surface area contributed by atoms with Crippen molar-refractivity contribution in [3.8, 4) is 0 Å². The van der Waals surface area contributed by atoms with Gasteiger partial charge in [0.15, 0.2) is 0 Å². The topological polar surface area (TPSA) is 29.3 Å². The normalized spacial score (nSPS) is 12.1. The van der Waals surface area contributed by atoms with Crippen LogP contribution < -0.4 is 5.73 Å². The fraction of sp³-hybridized carbons (Fsp3) is 1.00. The Kier molecular flexibility index (Phi) is 22.0. The highest BCUT2D eigenvalue weighted by molar-refractivity contribution is 4.51. The molecular formula is C19H44N2. The SMILES string of the molecule is CCC(N)N(C)C.CCCCCCCCCCCCCC. The molecule has 0 aromatic heterocycles. The van der Waals surface area contributed by atoms with Gasteiger partial charge in [0.25, 0.3) is 0 Å². The predicted octanol–water partition coefficient (Wildman–Crippen LogP) is 5.95. The van der Waals surface area contributed by atoms with Crippen molar-refractivity contribution in [1.82, 2.24) is 4.90 Å². The van der Waals surface area contributed by atoms with Gasteiger partial charge in [-0.2, -0.15) is 0 Å². The molecule has 0 aliphatic rings. The summed E-state index contributed by atoms with van der Waals surface area (Å²) in [6.45, 7) is 6.64. The van der Waals surface area contributed by atoms with Crippen molar-refractivity contribution in [3.63, 3.8) is 0 Å². The molecule has 1 atom stereocenters. The summed E-state index contributed by atoms with van der Waals surface area (Å²) < 4.78 is 0. The largest absolute Gasteiger partial charge is 0.316 e. The molecule has 130 valence electrons. The summed E-state index contributed by atoms with van der Waals surface area (Å²) in [5.41, 5.74) is 5.54. The van der Waals surface area contributed by atoms with Crippen molar-refractivity contribution in [3.05, 3.63) is 0 Å². The van der Waals surface area contributed by atoms with Crippen LogP contribution in [0.25, 0.3) is 0 Å². The number of unbranched alkanes of at least 4 members (excludes halogenated alkanes) is 11. The smallest absolute Gasteiger partial charge is 0.0563 e. The number of nitrogens with two attached hydrogens (primary N) is 1. The van der Waals surface area contributed by atoms with E-state index >= 15 is 0 Å². The molecule has 0 aromatic rings. The van der Waals surface area contributed by atoms with Crippen LogP contribution in [-0.2, 0) is 0 Å². The van der Waals surface area contributed by atoms with Crippen molar-refractivity contribution in [2.45, 2.75) is 110 Å². The first-order valence-corrected chi connectivity index (χ1v) is 9.52. The number of hydrogen-bond donors (Lipinski definition) is 1. The second kappa shape index (κ2) is 19.9. The van der Waals surface area contributed by atoms with Gasteiger partial charge in [0.05, 0.1) is 6.17 Å². The van der Waals surface area contributed by atoms with Crippen molar-refractivity contribution < 1.29 is 0 Å². The van der Waals surface area contributed by atoms with Gasteiger partial charge >= 0.3 is 0 Å². The number of nitrogens with zero attached hydrogens (tertiary/aromatic N) is 1. The number of hydrogen-bond acceptors (Lipinski definition) is 2. The molecule has 0 rings (SSSR count). The maximum atomic E-state index is 5.54. The maximum absolute atomic E-state index is 5.54. The molecule has 1 unspecified atom stereocenters. The van der Waals surface area contributed by atoms with Gasteiger partial charge in [0.2, 0.25) is 0 Å². The van der Waals surface area contributed by atoms with Gasteiger partial charge in [-0.15, -0.1) is 0 Å². The lowest BCUT2D eigenvalue weighted by Gasteiger charge is -2.16. The van der Waals surface area contributed by atoms with E-state index in [1.807, 2.05) is 19.0 Å². The Morgan fingerprint density at radius 1 is 0.619 bits per heavy atom. The Labute approximate surface area is 135 Å². The minimum absolute atomic E-state index is 0.236. The van der Waals surface area contributed by atoms with Gasteiger partial charge in [-0.05, 0) is 20.5 Å². The van der Waals surface area contributed by atoms with E-state index in [0.717, 1.165) is 6.42 Å². The summed E-state index contributed by atoms with van der Waals surface area (Å²) in [5.74, 6) is 0. The van der Waals surface area contributed by atoms with Crippen molar-refractivity contribution >= 4 is 0 Å². The molecule has 0 bridgehead atoms. The fourth-order valence-corrected chi connectivity index (χ4v) is 2.28. The molecule has 0 saturated carbocycles. The first kappa shape index (κ1) is 23.2. The standard InChI is InChI=1S/C14H30.C5H14N2/c1-3-5-7-9-11-13-14-12-10-8-6-4-2;1-4-5(6)7(2)3/h3-14H2,1-2H3;5H,4,6H2,1-3H3. The van der Waals surface area contributed by atoms with E-state index < -0.39 is 0 Å². The Hall–Kier alpha value is -0.0800. The second-order valence-corrected chi connectivity index (χ2v) is 6.47. The molecule has 0 fully saturated rings. The zero-order chi connectivity index (χ0) is 16.3. The third-order valence-electron chi connectivity index (χ3n) is 4.04. The van der Waals surface area contributed by atoms with Crippen LogP contribution in [0.4, 0.5) is 0 Å². The van der Waals surface area contributed by atoms with Crippen LogP contribution in [0.3, 0.4) is 0 Å². The van der Waals surface area contributed by atoms with Gasteiger partial charge in [-0.3, -0.25) is 4.90 Å². The van der Waals surface area contributed by atoms with Crippen LogP contribution in [0, 0.1) is 0 Å². The van der Waals surface area contributed by atoms with Crippen LogP contribution in [0.2, 0.25) is 0 Å². The maximum Gasteiger partial charge on any atom is 0.0563 e. The van der Waals surface area contributed by atoms with Crippen LogP contribution in [0.1, 0.15) is 104 Å². The van der Waals surface area contributed by atoms with Gasteiger partial charge in [-0.1, -0.05) is 97.8 Å². The first-order chi connectivity index (χ1) is 10.1. The fourth-order valence-electron chi connectivity index (χ4n) is 2.28. The van der Waals surface area contributed by atoms with Gasteiger partial charge in [-0.25, -0.2) is 0 Å². The second-order valence-electron chi connectivity index (χ2n) is 6.47. The molecule has 2 nitrogen and oxygen atoms in total. The monoisotopic (exact) mass is 300 g/mol. The van der Waals surface area contributed by atoms with Crippen molar-refractivity contribution in [2.24, 2.45) is 5.73 Å². The Balaban J connectivity index is 0. The van der Waals surface area contributed by atoms with E-state index in [0.29, 0.717) is 0 Å². The van der Waals surface area contributed by atoms with E-state index in [1.165, 1.54) is 77.0 Å². The van der Waals surface area contributed by atoms with Crippen molar-refractivity contribution in [2.75, 3.05) is 14.1 Å². The summed E-state index contributed by atoms with van der Waals surface area (Å²) in [4.78, 5) is 2.00. The molecule has 0 heterocycles. The lowest BCUT2D eigenvalue weighted by Crippen LogP contribution is -2.35. The summed E-state index contributed by atoms with van der Waals surface area (Å²) >= 11 is 0. The molecule has 0 amide bonds. The molecule has 2 N–H and O–H groups in total. The Morgan fingerprint density at radius 3 is 1.05 bits per heavy atom.